The van der Waals surface area contributed by atoms with Crippen LogP contribution in [-0.2, 0) is 10.8 Å². The Kier molecular flexibility index (Phi) is 5.26. The van der Waals surface area contributed by atoms with Crippen LogP contribution in [0.15, 0.2) is 18.2 Å². The maximum absolute atomic E-state index is 9.72. The molecule has 0 heterocycles. The Bertz CT molecular complexity index is 436. The molecule has 0 spiro atoms. The largest absolute Gasteiger partial charge is 0.491 e. The number of benzene rings is 1. The van der Waals surface area contributed by atoms with E-state index in [1.54, 1.807) is 0 Å². The van der Waals surface area contributed by atoms with E-state index in [1.807, 2.05) is 19.1 Å². The summed E-state index contributed by atoms with van der Waals surface area (Å²) in [5, 5.41) is 9.72. The molecule has 0 aliphatic rings. The second-order valence-corrected chi connectivity index (χ2v) is 7.55. The van der Waals surface area contributed by atoms with Crippen molar-refractivity contribution >= 4 is 0 Å². The molecule has 0 radical (unpaired) electrons. The monoisotopic (exact) mass is 278 g/mol. The Labute approximate surface area is 124 Å². The lowest BCUT2D eigenvalue weighted by atomic mass is 9.75. The van der Waals surface area contributed by atoms with E-state index in [4.69, 9.17) is 4.74 Å². The van der Waals surface area contributed by atoms with Gasteiger partial charge < -0.3 is 9.84 Å². The van der Waals surface area contributed by atoms with Crippen molar-refractivity contribution in [2.45, 2.75) is 71.8 Å². The van der Waals surface area contributed by atoms with E-state index in [1.165, 1.54) is 11.1 Å². The first kappa shape index (κ1) is 17.0. The number of hydrogen-bond acceptors (Lipinski definition) is 2. The smallest absolute Gasteiger partial charge is 0.123 e. The van der Waals surface area contributed by atoms with Crippen LogP contribution in [0.25, 0.3) is 0 Å². The SMILES string of the molecule is CCC(O)COc1cccc(C(C)(C)C)c1C(C)(C)C. The van der Waals surface area contributed by atoms with Crippen molar-refractivity contribution in [1.29, 1.82) is 0 Å². The zero-order valence-electron chi connectivity index (χ0n) is 14.1. The summed E-state index contributed by atoms with van der Waals surface area (Å²) in [4.78, 5) is 0. The average molecular weight is 278 g/mol. The van der Waals surface area contributed by atoms with Crippen molar-refractivity contribution in [3.8, 4) is 5.75 Å². The van der Waals surface area contributed by atoms with Gasteiger partial charge in [-0.05, 0) is 28.9 Å². The Morgan fingerprint density at radius 1 is 1.05 bits per heavy atom. The van der Waals surface area contributed by atoms with Gasteiger partial charge in [-0.25, -0.2) is 0 Å². The summed E-state index contributed by atoms with van der Waals surface area (Å²) >= 11 is 0. The molecule has 0 aromatic heterocycles. The van der Waals surface area contributed by atoms with Crippen molar-refractivity contribution in [3.63, 3.8) is 0 Å². The molecule has 0 fully saturated rings. The molecule has 1 aromatic carbocycles. The summed E-state index contributed by atoms with van der Waals surface area (Å²) in [6, 6.07) is 6.24. The van der Waals surface area contributed by atoms with Crippen LogP contribution in [0.5, 0.6) is 5.75 Å². The Morgan fingerprint density at radius 2 is 1.65 bits per heavy atom. The maximum Gasteiger partial charge on any atom is 0.123 e. The number of ether oxygens (including phenoxy) is 1. The molecule has 0 bridgehead atoms. The third-order valence-corrected chi connectivity index (χ3v) is 3.49. The van der Waals surface area contributed by atoms with E-state index in [2.05, 4.69) is 47.6 Å². The first-order valence-corrected chi connectivity index (χ1v) is 7.52. The van der Waals surface area contributed by atoms with Crippen LogP contribution >= 0.6 is 0 Å². The van der Waals surface area contributed by atoms with Crippen LogP contribution < -0.4 is 4.74 Å². The molecule has 2 nitrogen and oxygen atoms in total. The molecule has 1 atom stereocenters. The topological polar surface area (TPSA) is 29.5 Å². The van der Waals surface area contributed by atoms with Gasteiger partial charge in [-0.1, -0.05) is 60.6 Å². The minimum atomic E-state index is -0.402. The molecule has 1 N–H and O–H groups in total. The van der Waals surface area contributed by atoms with Gasteiger partial charge in [-0.15, -0.1) is 0 Å². The third-order valence-electron chi connectivity index (χ3n) is 3.49. The molecule has 0 saturated heterocycles. The summed E-state index contributed by atoms with van der Waals surface area (Å²) in [6.45, 7) is 15.6. The fourth-order valence-corrected chi connectivity index (χ4v) is 2.35. The lowest BCUT2D eigenvalue weighted by Crippen LogP contribution is -2.24. The van der Waals surface area contributed by atoms with Crippen molar-refractivity contribution in [2.24, 2.45) is 0 Å². The van der Waals surface area contributed by atoms with Crippen LogP contribution in [0.4, 0.5) is 0 Å². The summed E-state index contributed by atoms with van der Waals surface area (Å²) in [6.07, 6.45) is 0.310. The highest BCUT2D eigenvalue weighted by atomic mass is 16.5. The van der Waals surface area contributed by atoms with Gasteiger partial charge in [0, 0.05) is 5.56 Å². The van der Waals surface area contributed by atoms with Gasteiger partial charge in [0.2, 0.25) is 0 Å². The lowest BCUT2D eigenvalue weighted by molar-refractivity contribution is 0.103. The number of aliphatic hydroxyl groups excluding tert-OH is 1. The average Bonchev–Trinajstić information content (AvgIpc) is 2.33. The predicted molar refractivity (Wildman–Crippen MR) is 85.6 cm³/mol. The van der Waals surface area contributed by atoms with E-state index in [9.17, 15) is 5.11 Å². The standard InChI is InChI=1S/C18H30O2/c1-8-13(19)12-20-15-11-9-10-14(17(2,3)4)16(15)18(5,6)7/h9-11,13,19H,8,12H2,1-7H3. The van der Waals surface area contributed by atoms with Gasteiger partial charge in [0.1, 0.15) is 12.4 Å². The van der Waals surface area contributed by atoms with Crippen molar-refractivity contribution < 1.29 is 9.84 Å². The summed E-state index contributed by atoms with van der Waals surface area (Å²) < 4.78 is 5.90. The van der Waals surface area contributed by atoms with Gasteiger partial charge in [-0.2, -0.15) is 0 Å². The Hall–Kier alpha value is -1.02. The minimum absolute atomic E-state index is 0.0103. The van der Waals surface area contributed by atoms with Gasteiger partial charge in [0.15, 0.2) is 0 Å². The highest BCUT2D eigenvalue weighted by molar-refractivity contribution is 5.47. The highest BCUT2D eigenvalue weighted by Crippen LogP contribution is 2.39. The molecular weight excluding hydrogens is 248 g/mol. The second-order valence-electron chi connectivity index (χ2n) is 7.55. The molecule has 0 amide bonds. The molecule has 2 heteroatoms. The minimum Gasteiger partial charge on any atom is -0.491 e. The first-order valence-electron chi connectivity index (χ1n) is 7.52. The number of hydrogen-bond donors (Lipinski definition) is 1. The normalized spacial score (nSPS) is 14.2. The molecule has 1 rings (SSSR count). The van der Waals surface area contributed by atoms with E-state index in [0.29, 0.717) is 13.0 Å². The van der Waals surface area contributed by atoms with Crippen molar-refractivity contribution in [2.75, 3.05) is 6.61 Å². The fraction of sp³-hybridized carbons (Fsp3) is 0.667. The fourth-order valence-electron chi connectivity index (χ4n) is 2.35. The van der Waals surface area contributed by atoms with E-state index in [0.717, 1.165) is 5.75 Å². The predicted octanol–water partition coefficient (Wildman–Crippen LogP) is 4.43. The zero-order valence-corrected chi connectivity index (χ0v) is 14.1. The van der Waals surface area contributed by atoms with E-state index >= 15 is 0 Å². The Morgan fingerprint density at radius 3 is 2.10 bits per heavy atom. The van der Waals surface area contributed by atoms with E-state index < -0.39 is 6.10 Å². The molecule has 1 aromatic rings. The van der Waals surface area contributed by atoms with Crippen LogP contribution in [0, 0.1) is 0 Å². The van der Waals surface area contributed by atoms with Crippen LogP contribution in [-0.4, -0.2) is 17.8 Å². The number of rotatable bonds is 4. The summed E-state index contributed by atoms with van der Waals surface area (Å²) in [7, 11) is 0. The first-order chi connectivity index (χ1) is 9.07. The van der Waals surface area contributed by atoms with Gasteiger partial charge in [-0.3, -0.25) is 0 Å². The zero-order chi connectivity index (χ0) is 15.6. The highest BCUT2D eigenvalue weighted by Gasteiger charge is 2.28. The molecule has 0 aliphatic carbocycles. The van der Waals surface area contributed by atoms with Crippen molar-refractivity contribution in [3.05, 3.63) is 29.3 Å². The van der Waals surface area contributed by atoms with Gasteiger partial charge >= 0.3 is 0 Å². The molecule has 0 saturated carbocycles. The van der Waals surface area contributed by atoms with Gasteiger partial charge in [0.05, 0.1) is 6.10 Å². The van der Waals surface area contributed by atoms with Crippen LogP contribution in [0.3, 0.4) is 0 Å². The van der Waals surface area contributed by atoms with Crippen molar-refractivity contribution in [1.82, 2.24) is 0 Å². The molecular formula is C18H30O2. The Balaban J connectivity index is 3.24. The lowest BCUT2D eigenvalue weighted by Gasteiger charge is -2.32. The molecule has 1 unspecified atom stereocenters. The summed E-state index contributed by atoms with van der Waals surface area (Å²) in [5.74, 6) is 0.900. The third kappa shape index (κ3) is 4.24. The molecule has 20 heavy (non-hydrogen) atoms. The second kappa shape index (κ2) is 6.17. The maximum atomic E-state index is 9.72. The van der Waals surface area contributed by atoms with Crippen LogP contribution in [0.1, 0.15) is 66.0 Å². The summed E-state index contributed by atoms with van der Waals surface area (Å²) in [5.41, 5.74) is 2.64. The molecule has 114 valence electrons. The van der Waals surface area contributed by atoms with Crippen LogP contribution in [0.2, 0.25) is 0 Å². The van der Waals surface area contributed by atoms with E-state index in [-0.39, 0.29) is 10.8 Å². The van der Waals surface area contributed by atoms with Gasteiger partial charge in [0.25, 0.3) is 0 Å². The number of aliphatic hydroxyl groups is 1. The molecule has 0 aliphatic heterocycles. The quantitative estimate of drug-likeness (QED) is 0.882.